The summed E-state index contributed by atoms with van der Waals surface area (Å²) in [6, 6.07) is 14.9. The number of nitrogens with one attached hydrogen (secondary N) is 1. The highest BCUT2D eigenvalue weighted by Gasteiger charge is 2.12. The first kappa shape index (κ1) is 14.6. The lowest BCUT2D eigenvalue weighted by Gasteiger charge is -2.18. The van der Waals surface area contributed by atoms with E-state index in [2.05, 4.69) is 64.6 Å². The molecule has 1 N–H and O–H groups in total. The van der Waals surface area contributed by atoms with E-state index in [9.17, 15) is 0 Å². The number of hydrogen-bond donors (Lipinski definition) is 1. The molecule has 0 amide bonds. The van der Waals surface area contributed by atoms with E-state index in [4.69, 9.17) is 11.6 Å². The SMILES string of the molecule is CNC(Cc1ccc(C)cc1Cl)c1ccc(Br)cc1. The van der Waals surface area contributed by atoms with Crippen LogP contribution in [0.2, 0.25) is 5.02 Å². The van der Waals surface area contributed by atoms with Crippen LogP contribution in [0.15, 0.2) is 46.9 Å². The van der Waals surface area contributed by atoms with Gasteiger partial charge in [-0.05, 0) is 55.3 Å². The van der Waals surface area contributed by atoms with Gasteiger partial charge in [0.05, 0.1) is 0 Å². The Labute approximate surface area is 128 Å². The molecule has 1 nitrogen and oxygen atoms in total. The van der Waals surface area contributed by atoms with Gasteiger partial charge in [0.2, 0.25) is 0 Å². The first-order valence-corrected chi connectivity index (χ1v) is 7.45. The minimum Gasteiger partial charge on any atom is -0.313 e. The van der Waals surface area contributed by atoms with E-state index < -0.39 is 0 Å². The van der Waals surface area contributed by atoms with Crippen LogP contribution in [-0.2, 0) is 6.42 Å². The number of rotatable bonds is 4. The van der Waals surface area contributed by atoms with Crippen molar-refractivity contribution in [3.8, 4) is 0 Å². The van der Waals surface area contributed by atoms with Crippen LogP contribution >= 0.6 is 27.5 Å². The molecular weight excluding hydrogens is 322 g/mol. The topological polar surface area (TPSA) is 12.0 Å². The van der Waals surface area contributed by atoms with Gasteiger partial charge in [0.15, 0.2) is 0 Å². The van der Waals surface area contributed by atoms with Gasteiger partial charge in [0.1, 0.15) is 0 Å². The van der Waals surface area contributed by atoms with Crippen LogP contribution < -0.4 is 5.32 Å². The average molecular weight is 339 g/mol. The van der Waals surface area contributed by atoms with E-state index >= 15 is 0 Å². The highest BCUT2D eigenvalue weighted by Crippen LogP contribution is 2.25. The summed E-state index contributed by atoms with van der Waals surface area (Å²) < 4.78 is 1.10. The summed E-state index contributed by atoms with van der Waals surface area (Å²) in [6.07, 6.45) is 0.886. The maximum absolute atomic E-state index is 6.31. The van der Waals surface area contributed by atoms with E-state index in [1.165, 1.54) is 16.7 Å². The van der Waals surface area contributed by atoms with Gasteiger partial charge in [-0.2, -0.15) is 0 Å². The van der Waals surface area contributed by atoms with Gasteiger partial charge in [0.25, 0.3) is 0 Å². The molecule has 1 unspecified atom stereocenters. The smallest absolute Gasteiger partial charge is 0.0441 e. The molecule has 0 radical (unpaired) electrons. The lowest BCUT2D eigenvalue weighted by atomic mass is 9.98. The highest BCUT2D eigenvalue weighted by atomic mass is 79.9. The molecule has 0 heterocycles. The van der Waals surface area contributed by atoms with Gasteiger partial charge in [-0.25, -0.2) is 0 Å². The minimum atomic E-state index is 0.272. The third-order valence-electron chi connectivity index (χ3n) is 3.25. The summed E-state index contributed by atoms with van der Waals surface area (Å²) in [5.74, 6) is 0. The van der Waals surface area contributed by atoms with E-state index in [1.54, 1.807) is 0 Å². The lowest BCUT2D eigenvalue weighted by molar-refractivity contribution is 0.592. The number of benzene rings is 2. The first-order chi connectivity index (χ1) is 9.10. The van der Waals surface area contributed by atoms with Crippen molar-refractivity contribution in [3.05, 3.63) is 68.7 Å². The van der Waals surface area contributed by atoms with Gasteiger partial charge >= 0.3 is 0 Å². The number of hydrogen-bond acceptors (Lipinski definition) is 1. The van der Waals surface area contributed by atoms with Crippen LogP contribution in [0.5, 0.6) is 0 Å². The summed E-state index contributed by atoms with van der Waals surface area (Å²) in [6.45, 7) is 2.06. The van der Waals surface area contributed by atoms with Gasteiger partial charge < -0.3 is 5.32 Å². The zero-order chi connectivity index (χ0) is 13.8. The summed E-state index contributed by atoms with van der Waals surface area (Å²) in [4.78, 5) is 0. The molecule has 0 spiro atoms. The molecule has 1 atom stereocenters. The Bertz CT molecular complexity index is 551. The zero-order valence-corrected chi connectivity index (χ0v) is 13.4. The van der Waals surface area contributed by atoms with E-state index in [-0.39, 0.29) is 6.04 Å². The molecule has 3 heteroatoms. The number of aryl methyl sites for hydroxylation is 1. The normalized spacial score (nSPS) is 12.4. The van der Waals surface area contributed by atoms with E-state index in [0.717, 1.165) is 15.9 Å². The molecule has 2 aromatic rings. The monoisotopic (exact) mass is 337 g/mol. The molecule has 0 bridgehead atoms. The van der Waals surface area contributed by atoms with Crippen LogP contribution in [0, 0.1) is 6.92 Å². The second-order valence-electron chi connectivity index (χ2n) is 4.69. The van der Waals surface area contributed by atoms with Crippen LogP contribution in [-0.4, -0.2) is 7.05 Å². The largest absolute Gasteiger partial charge is 0.313 e. The first-order valence-electron chi connectivity index (χ1n) is 6.28. The number of halogens is 2. The van der Waals surface area contributed by atoms with Crippen molar-refractivity contribution in [1.29, 1.82) is 0 Å². The fraction of sp³-hybridized carbons (Fsp3) is 0.250. The Morgan fingerprint density at radius 1 is 1.16 bits per heavy atom. The van der Waals surface area contributed by atoms with Crippen LogP contribution in [0.4, 0.5) is 0 Å². The third-order valence-corrected chi connectivity index (χ3v) is 4.13. The Morgan fingerprint density at radius 3 is 2.42 bits per heavy atom. The molecular formula is C16H17BrClN. The molecule has 100 valence electrons. The predicted molar refractivity (Wildman–Crippen MR) is 85.8 cm³/mol. The molecule has 0 aromatic heterocycles. The van der Waals surface area contributed by atoms with Crippen molar-refractivity contribution in [3.63, 3.8) is 0 Å². The molecule has 0 aliphatic heterocycles. The quantitative estimate of drug-likeness (QED) is 0.835. The van der Waals surface area contributed by atoms with E-state index in [1.807, 2.05) is 13.1 Å². The van der Waals surface area contributed by atoms with E-state index in [0.29, 0.717) is 0 Å². The molecule has 0 aliphatic rings. The predicted octanol–water partition coefficient (Wildman–Crippen LogP) is 4.91. The molecule has 19 heavy (non-hydrogen) atoms. The molecule has 0 saturated carbocycles. The fourth-order valence-corrected chi connectivity index (χ4v) is 2.70. The van der Waals surface area contributed by atoms with Crippen LogP contribution in [0.3, 0.4) is 0 Å². The zero-order valence-electron chi connectivity index (χ0n) is 11.1. The summed E-state index contributed by atoms with van der Waals surface area (Å²) in [5, 5.41) is 4.20. The Kier molecular flexibility index (Phi) is 5.03. The average Bonchev–Trinajstić information content (AvgIpc) is 2.39. The van der Waals surface area contributed by atoms with Crippen molar-refractivity contribution in [2.24, 2.45) is 0 Å². The van der Waals surface area contributed by atoms with Gasteiger partial charge in [0, 0.05) is 15.5 Å². The fourth-order valence-electron chi connectivity index (χ4n) is 2.12. The Morgan fingerprint density at radius 2 is 1.84 bits per heavy atom. The van der Waals surface area contributed by atoms with Gasteiger partial charge in [-0.1, -0.05) is 51.8 Å². The summed E-state index contributed by atoms with van der Waals surface area (Å²) in [5.41, 5.74) is 3.63. The van der Waals surface area contributed by atoms with Crippen molar-refractivity contribution >= 4 is 27.5 Å². The Hall–Kier alpha value is -0.830. The van der Waals surface area contributed by atoms with Crippen molar-refractivity contribution in [1.82, 2.24) is 5.32 Å². The van der Waals surface area contributed by atoms with Crippen LogP contribution in [0.25, 0.3) is 0 Å². The maximum atomic E-state index is 6.31. The van der Waals surface area contributed by atoms with Gasteiger partial charge in [-0.3, -0.25) is 0 Å². The number of likely N-dealkylation sites (N-methyl/N-ethyl adjacent to an activating group) is 1. The second-order valence-corrected chi connectivity index (χ2v) is 6.01. The van der Waals surface area contributed by atoms with Crippen molar-refractivity contribution < 1.29 is 0 Å². The molecule has 0 aliphatic carbocycles. The summed E-state index contributed by atoms with van der Waals surface area (Å²) >= 11 is 9.77. The molecule has 2 aromatic carbocycles. The third kappa shape index (κ3) is 3.82. The van der Waals surface area contributed by atoms with Gasteiger partial charge in [-0.15, -0.1) is 0 Å². The molecule has 0 fully saturated rings. The van der Waals surface area contributed by atoms with Crippen LogP contribution in [0.1, 0.15) is 22.7 Å². The highest BCUT2D eigenvalue weighted by molar-refractivity contribution is 9.10. The molecule has 0 saturated heterocycles. The van der Waals surface area contributed by atoms with Crippen molar-refractivity contribution in [2.45, 2.75) is 19.4 Å². The Balaban J connectivity index is 2.21. The molecule has 2 rings (SSSR count). The van der Waals surface area contributed by atoms with Crippen molar-refractivity contribution in [2.75, 3.05) is 7.05 Å². The summed E-state index contributed by atoms with van der Waals surface area (Å²) in [7, 11) is 1.98. The minimum absolute atomic E-state index is 0.272. The standard InChI is InChI=1S/C16H17BrClN/c1-11-3-4-13(15(18)9-11)10-16(19-2)12-5-7-14(17)8-6-12/h3-9,16,19H,10H2,1-2H3. The maximum Gasteiger partial charge on any atom is 0.0441 e. The second kappa shape index (κ2) is 6.56. The lowest BCUT2D eigenvalue weighted by Crippen LogP contribution is -2.18.